The zero-order valence-corrected chi connectivity index (χ0v) is 17.5. The molecule has 1 aromatic carbocycles. The van der Waals surface area contributed by atoms with E-state index in [0.29, 0.717) is 33.7 Å². The number of rotatable bonds is 7. The highest BCUT2D eigenvalue weighted by Crippen LogP contribution is 2.26. The van der Waals surface area contributed by atoms with Gasteiger partial charge in [-0.1, -0.05) is 0 Å². The predicted octanol–water partition coefficient (Wildman–Crippen LogP) is 3.46. The van der Waals surface area contributed by atoms with Gasteiger partial charge in [-0.25, -0.2) is 18.4 Å². The van der Waals surface area contributed by atoms with E-state index in [0.717, 1.165) is 5.39 Å². The van der Waals surface area contributed by atoms with E-state index >= 15 is 0 Å². The highest BCUT2D eigenvalue weighted by atomic mass is 79.9. The number of sulfone groups is 1. The Morgan fingerprint density at radius 1 is 1.21 bits per heavy atom. The van der Waals surface area contributed by atoms with Gasteiger partial charge in [0.05, 0.1) is 16.8 Å². The van der Waals surface area contributed by atoms with E-state index in [2.05, 4.69) is 31.2 Å². The average molecular weight is 464 g/mol. The summed E-state index contributed by atoms with van der Waals surface area (Å²) in [5.41, 5.74) is 0.940. The predicted molar refractivity (Wildman–Crippen MR) is 111 cm³/mol. The quantitative estimate of drug-likeness (QED) is 0.538. The van der Waals surface area contributed by atoms with Crippen LogP contribution in [0.3, 0.4) is 0 Å². The third kappa shape index (κ3) is 5.49. The molecule has 0 spiro atoms. The van der Waals surface area contributed by atoms with Gasteiger partial charge in [0.2, 0.25) is 0 Å². The van der Waals surface area contributed by atoms with Crippen LogP contribution >= 0.6 is 15.9 Å². The number of hydrogen-bond acceptors (Lipinski definition) is 6. The lowest BCUT2D eigenvalue weighted by atomic mass is 10.2. The zero-order chi connectivity index (χ0) is 20.1. The van der Waals surface area contributed by atoms with Crippen molar-refractivity contribution in [3.05, 3.63) is 58.7 Å². The van der Waals surface area contributed by atoms with Crippen LogP contribution in [-0.2, 0) is 9.84 Å². The molecule has 1 N–H and O–H groups in total. The van der Waals surface area contributed by atoms with Gasteiger partial charge in [-0.2, -0.15) is 0 Å². The van der Waals surface area contributed by atoms with Gasteiger partial charge in [-0.05, 0) is 64.8 Å². The minimum absolute atomic E-state index is 0.0481. The van der Waals surface area contributed by atoms with Crippen LogP contribution in [-0.4, -0.2) is 42.9 Å². The largest absolute Gasteiger partial charge is 0.492 e. The van der Waals surface area contributed by atoms with E-state index in [4.69, 9.17) is 4.74 Å². The summed E-state index contributed by atoms with van der Waals surface area (Å²) in [5, 5.41) is 3.63. The fraction of sp³-hybridized carbons (Fsp3) is 0.211. The molecular formula is C19H18BrN3O4S. The Kier molecular flexibility index (Phi) is 6.25. The van der Waals surface area contributed by atoms with Crippen molar-refractivity contribution in [1.29, 1.82) is 0 Å². The lowest BCUT2D eigenvalue weighted by Gasteiger charge is -2.10. The first-order chi connectivity index (χ1) is 13.3. The molecule has 0 bridgehead atoms. The molecule has 0 unspecified atom stereocenters. The molecule has 0 fully saturated rings. The number of amides is 1. The Hall–Kier alpha value is -2.52. The average Bonchev–Trinajstić information content (AvgIpc) is 2.65. The number of pyridine rings is 2. The SMILES string of the molecule is CS(=O)(=O)CCCOc1cc(C(=O)Nc2ccc3cccnc3n2)ccc1Br. The van der Waals surface area contributed by atoms with E-state index in [-0.39, 0.29) is 18.3 Å². The molecule has 1 amide bonds. The standard InChI is InChI=1S/C19H18BrN3O4S/c1-28(25,26)11-3-10-27-16-12-14(5-7-15(16)20)19(24)23-17-8-6-13-4-2-9-21-18(13)22-17/h2,4-9,12H,3,10-11H2,1H3,(H,21,22,23,24). The number of nitrogens with zero attached hydrogens (tertiary/aromatic N) is 2. The van der Waals surface area contributed by atoms with Gasteiger partial charge in [0, 0.05) is 23.4 Å². The fourth-order valence-corrected chi connectivity index (χ4v) is 3.47. The van der Waals surface area contributed by atoms with Gasteiger partial charge in [-0.3, -0.25) is 4.79 Å². The third-order valence-corrected chi connectivity index (χ3v) is 5.50. The van der Waals surface area contributed by atoms with Crippen LogP contribution in [0.15, 0.2) is 53.1 Å². The molecule has 0 atom stereocenters. The minimum atomic E-state index is -3.03. The van der Waals surface area contributed by atoms with E-state index in [9.17, 15) is 13.2 Å². The number of halogens is 1. The molecule has 3 rings (SSSR count). The summed E-state index contributed by atoms with van der Waals surface area (Å²) in [7, 11) is -3.03. The molecule has 28 heavy (non-hydrogen) atoms. The molecule has 2 heterocycles. The Morgan fingerprint density at radius 2 is 2.04 bits per heavy atom. The number of carbonyl (C=O) groups is 1. The number of ether oxygens (including phenoxy) is 1. The summed E-state index contributed by atoms with van der Waals surface area (Å²) in [5.74, 6) is 0.576. The molecule has 9 heteroatoms. The summed E-state index contributed by atoms with van der Waals surface area (Å²) in [4.78, 5) is 21.1. The van der Waals surface area contributed by atoms with E-state index in [1.807, 2.05) is 18.2 Å². The Morgan fingerprint density at radius 3 is 2.82 bits per heavy atom. The van der Waals surface area contributed by atoms with Gasteiger partial charge >= 0.3 is 0 Å². The maximum absolute atomic E-state index is 12.6. The monoisotopic (exact) mass is 463 g/mol. The summed E-state index contributed by atoms with van der Waals surface area (Å²) in [6.07, 6.45) is 3.20. The molecule has 3 aromatic rings. The van der Waals surface area contributed by atoms with Gasteiger partial charge in [0.25, 0.3) is 5.91 Å². The number of aromatic nitrogens is 2. The molecule has 0 saturated carbocycles. The lowest BCUT2D eigenvalue weighted by Crippen LogP contribution is -2.13. The second-order valence-electron chi connectivity index (χ2n) is 6.18. The second kappa shape index (κ2) is 8.66. The number of anilines is 1. The van der Waals surface area contributed by atoms with Crippen LogP contribution in [0.5, 0.6) is 5.75 Å². The number of nitrogens with one attached hydrogen (secondary N) is 1. The zero-order valence-electron chi connectivity index (χ0n) is 15.1. The van der Waals surface area contributed by atoms with E-state index < -0.39 is 9.84 Å². The Bertz CT molecular complexity index is 1120. The van der Waals surface area contributed by atoms with Gasteiger partial charge in [-0.15, -0.1) is 0 Å². The maximum atomic E-state index is 12.6. The van der Waals surface area contributed by atoms with Crippen LogP contribution in [0.4, 0.5) is 5.82 Å². The second-order valence-corrected chi connectivity index (χ2v) is 9.29. The fourth-order valence-electron chi connectivity index (χ4n) is 2.47. The van der Waals surface area contributed by atoms with Crippen molar-refractivity contribution in [1.82, 2.24) is 9.97 Å². The lowest BCUT2D eigenvalue weighted by molar-refractivity contribution is 0.102. The molecule has 0 aliphatic heterocycles. The summed E-state index contributed by atoms with van der Waals surface area (Å²) >= 11 is 3.37. The first-order valence-electron chi connectivity index (χ1n) is 8.45. The van der Waals surface area contributed by atoms with Crippen molar-refractivity contribution < 1.29 is 17.9 Å². The number of fused-ring (bicyclic) bond motifs is 1. The highest BCUT2D eigenvalue weighted by Gasteiger charge is 2.12. The van der Waals surface area contributed by atoms with Crippen molar-refractivity contribution in [2.45, 2.75) is 6.42 Å². The van der Waals surface area contributed by atoms with E-state index in [1.165, 1.54) is 6.26 Å². The molecule has 0 radical (unpaired) electrons. The molecule has 0 aliphatic rings. The van der Waals surface area contributed by atoms with Crippen molar-refractivity contribution in [2.75, 3.05) is 23.9 Å². The minimum Gasteiger partial charge on any atom is -0.492 e. The summed E-state index contributed by atoms with van der Waals surface area (Å²) in [6, 6.07) is 12.2. The Labute approximate surface area is 171 Å². The molecule has 0 aliphatic carbocycles. The van der Waals surface area contributed by atoms with Crippen LogP contribution in [0.2, 0.25) is 0 Å². The highest BCUT2D eigenvalue weighted by molar-refractivity contribution is 9.10. The van der Waals surface area contributed by atoms with Crippen LogP contribution in [0.25, 0.3) is 11.0 Å². The summed E-state index contributed by atoms with van der Waals surface area (Å²) in [6.45, 7) is 0.231. The number of benzene rings is 1. The van der Waals surface area contributed by atoms with Crippen molar-refractivity contribution in [3.8, 4) is 5.75 Å². The molecule has 2 aromatic heterocycles. The molecule has 0 saturated heterocycles. The van der Waals surface area contributed by atoms with Crippen LogP contribution in [0, 0.1) is 0 Å². The number of carbonyl (C=O) groups excluding carboxylic acids is 1. The van der Waals surface area contributed by atoms with Crippen LogP contribution < -0.4 is 10.1 Å². The smallest absolute Gasteiger partial charge is 0.256 e. The van der Waals surface area contributed by atoms with Gasteiger partial charge in [0.1, 0.15) is 21.4 Å². The molecule has 146 valence electrons. The molecular weight excluding hydrogens is 446 g/mol. The van der Waals surface area contributed by atoms with Crippen molar-refractivity contribution in [2.24, 2.45) is 0 Å². The molecule has 7 nitrogen and oxygen atoms in total. The first kappa shape index (κ1) is 20.2. The first-order valence-corrected chi connectivity index (χ1v) is 11.3. The number of hydrogen-bond donors (Lipinski definition) is 1. The Balaban J connectivity index is 1.69. The summed E-state index contributed by atoms with van der Waals surface area (Å²) < 4.78 is 28.7. The van der Waals surface area contributed by atoms with Gasteiger partial charge < -0.3 is 10.1 Å². The normalized spacial score (nSPS) is 11.4. The topological polar surface area (TPSA) is 98.2 Å². The van der Waals surface area contributed by atoms with Crippen LogP contribution in [0.1, 0.15) is 16.8 Å². The maximum Gasteiger partial charge on any atom is 0.256 e. The third-order valence-electron chi connectivity index (χ3n) is 3.82. The van der Waals surface area contributed by atoms with Crippen molar-refractivity contribution in [3.63, 3.8) is 0 Å². The van der Waals surface area contributed by atoms with Crippen molar-refractivity contribution >= 4 is 48.5 Å². The van der Waals surface area contributed by atoms with E-state index in [1.54, 1.807) is 30.5 Å². The van der Waals surface area contributed by atoms with Gasteiger partial charge in [0.15, 0.2) is 5.65 Å².